The van der Waals surface area contributed by atoms with Gasteiger partial charge in [0.05, 0.1) is 6.54 Å². The van der Waals surface area contributed by atoms with Gasteiger partial charge in [0, 0.05) is 23.4 Å². The highest BCUT2D eigenvalue weighted by Crippen LogP contribution is 2.16. The van der Waals surface area contributed by atoms with E-state index in [4.69, 9.17) is 0 Å². The number of thiophene rings is 1. The zero-order valence-corrected chi connectivity index (χ0v) is 11.9. The van der Waals surface area contributed by atoms with Crippen molar-refractivity contribution in [1.29, 1.82) is 0 Å². The predicted molar refractivity (Wildman–Crippen MR) is 73.1 cm³/mol. The molecular formula is C13H22N2OS. The van der Waals surface area contributed by atoms with Gasteiger partial charge in [0.15, 0.2) is 0 Å². The van der Waals surface area contributed by atoms with E-state index < -0.39 is 0 Å². The standard InChI is InChI=1S/C13H22N2OS/c1-10(2)15(9-12-6-5-7-17-12)13(16)11(3)8-14-4/h5-7,10-11,14H,8-9H2,1-4H3. The summed E-state index contributed by atoms with van der Waals surface area (Å²) in [5.41, 5.74) is 0. The SMILES string of the molecule is CNCC(C)C(=O)N(Cc1cccs1)C(C)C. The molecule has 1 heterocycles. The number of hydrogen-bond acceptors (Lipinski definition) is 3. The summed E-state index contributed by atoms with van der Waals surface area (Å²) in [6.45, 7) is 7.56. The maximum atomic E-state index is 12.3. The molecule has 0 aromatic carbocycles. The molecule has 0 saturated heterocycles. The zero-order valence-electron chi connectivity index (χ0n) is 11.1. The summed E-state index contributed by atoms with van der Waals surface area (Å²) in [6, 6.07) is 4.35. The van der Waals surface area contributed by atoms with Crippen LogP contribution < -0.4 is 5.32 Å². The molecule has 0 aliphatic heterocycles. The second-order valence-electron chi connectivity index (χ2n) is 4.60. The van der Waals surface area contributed by atoms with Crippen molar-refractivity contribution in [1.82, 2.24) is 10.2 Å². The second-order valence-corrected chi connectivity index (χ2v) is 5.63. The van der Waals surface area contributed by atoms with Crippen molar-refractivity contribution >= 4 is 17.2 Å². The van der Waals surface area contributed by atoms with Gasteiger partial charge in [0.2, 0.25) is 5.91 Å². The van der Waals surface area contributed by atoms with E-state index in [0.717, 1.165) is 13.1 Å². The average molecular weight is 254 g/mol. The van der Waals surface area contributed by atoms with Crippen LogP contribution in [0, 0.1) is 5.92 Å². The van der Waals surface area contributed by atoms with Crippen molar-refractivity contribution in [2.45, 2.75) is 33.4 Å². The van der Waals surface area contributed by atoms with Gasteiger partial charge in [0.25, 0.3) is 0 Å². The summed E-state index contributed by atoms with van der Waals surface area (Å²) in [6.07, 6.45) is 0. The topological polar surface area (TPSA) is 32.3 Å². The number of nitrogens with zero attached hydrogens (tertiary/aromatic N) is 1. The van der Waals surface area contributed by atoms with Gasteiger partial charge in [-0.15, -0.1) is 11.3 Å². The first-order valence-corrected chi connectivity index (χ1v) is 6.91. The zero-order chi connectivity index (χ0) is 12.8. The Kier molecular flexibility index (Phi) is 5.65. The van der Waals surface area contributed by atoms with Crippen LogP contribution in [0.15, 0.2) is 17.5 Å². The van der Waals surface area contributed by atoms with Gasteiger partial charge in [-0.3, -0.25) is 4.79 Å². The van der Waals surface area contributed by atoms with Crippen molar-refractivity contribution in [3.05, 3.63) is 22.4 Å². The second kappa shape index (κ2) is 6.77. The van der Waals surface area contributed by atoms with E-state index in [9.17, 15) is 4.79 Å². The quantitative estimate of drug-likeness (QED) is 0.845. The molecule has 0 aliphatic carbocycles. The molecule has 0 radical (unpaired) electrons. The molecule has 1 unspecified atom stereocenters. The van der Waals surface area contributed by atoms with E-state index in [0.29, 0.717) is 0 Å². The lowest BCUT2D eigenvalue weighted by Crippen LogP contribution is -2.41. The van der Waals surface area contributed by atoms with Crippen molar-refractivity contribution in [2.75, 3.05) is 13.6 Å². The van der Waals surface area contributed by atoms with Gasteiger partial charge >= 0.3 is 0 Å². The van der Waals surface area contributed by atoms with Gasteiger partial charge < -0.3 is 10.2 Å². The summed E-state index contributed by atoms with van der Waals surface area (Å²) < 4.78 is 0. The predicted octanol–water partition coefficient (Wildman–Crippen LogP) is 2.34. The van der Waals surface area contributed by atoms with E-state index in [1.807, 2.05) is 24.9 Å². The van der Waals surface area contributed by atoms with Crippen molar-refractivity contribution in [3.8, 4) is 0 Å². The first-order valence-electron chi connectivity index (χ1n) is 6.03. The molecule has 1 amide bonds. The minimum Gasteiger partial charge on any atom is -0.335 e. The summed E-state index contributed by atoms with van der Waals surface area (Å²) in [4.78, 5) is 15.5. The van der Waals surface area contributed by atoms with E-state index in [-0.39, 0.29) is 17.9 Å². The fourth-order valence-electron chi connectivity index (χ4n) is 1.76. The Morgan fingerprint density at radius 3 is 2.65 bits per heavy atom. The molecule has 1 aromatic rings. The van der Waals surface area contributed by atoms with Gasteiger partial charge in [-0.2, -0.15) is 0 Å². The lowest BCUT2D eigenvalue weighted by Gasteiger charge is -2.29. The Balaban J connectivity index is 2.68. The Morgan fingerprint density at radius 1 is 1.47 bits per heavy atom. The molecule has 1 N–H and O–H groups in total. The van der Waals surface area contributed by atoms with Crippen LogP contribution in [-0.2, 0) is 11.3 Å². The summed E-state index contributed by atoms with van der Waals surface area (Å²) in [5.74, 6) is 0.255. The maximum absolute atomic E-state index is 12.3. The lowest BCUT2D eigenvalue weighted by atomic mass is 10.1. The Morgan fingerprint density at radius 2 is 2.18 bits per heavy atom. The third kappa shape index (κ3) is 4.13. The largest absolute Gasteiger partial charge is 0.335 e. The third-order valence-electron chi connectivity index (χ3n) is 2.74. The van der Waals surface area contributed by atoms with Crippen molar-refractivity contribution in [3.63, 3.8) is 0 Å². The fraction of sp³-hybridized carbons (Fsp3) is 0.615. The van der Waals surface area contributed by atoms with Crippen LogP contribution >= 0.6 is 11.3 Å². The van der Waals surface area contributed by atoms with E-state index in [1.54, 1.807) is 11.3 Å². The summed E-state index contributed by atoms with van der Waals surface area (Å²) in [5, 5.41) is 5.11. The van der Waals surface area contributed by atoms with Crippen LogP contribution in [0.3, 0.4) is 0 Å². The molecule has 3 nitrogen and oxygen atoms in total. The molecule has 0 saturated carbocycles. The van der Waals surface area contributed by atoms with E-state index in [1.165, 1.54) is 4.88 Å². The molecule has 0 bridgehead atoms. The molecule has 17 heavy (non-hydrogen) atoms. The molecule has 1 aromatic heterocycles. The number of nitrogens with one attached hydrogen (secondary N) is 1. The Bertz CT molecular complexity index is 335. The minimum absolute atomic E-state index is 0.0300. The van der Waals surface area contributed by atoms with Crippen LogP contribution in [-0.4, -0.2) is 30.4 Å². The lowest BCUT2D eigenvalue weighted by molar-refractivity contribution is -0.137. The fourth-order valence-corrected chi connectivity index (χ4v) is 2.46. The monoisotopic (exact) mass is 254 g/mol. The normalized spacial score (nSPS) is 12.8. The minimum atomic E-state index is 0.0300. The summed E-state index contributed by atoms with van der Waals surface area (Å²) >= 11 is 1.70. The number of hydrogen-bond donors (Lipinski definition) is 1. The Hall–Kier alpha value is -0.870. The molecule has 0 aliphatic rings. The van der Waals surface area contributed by atoms with Gasteiger partial charge in [-0.1, -0.05) is 13.0 Å². The molecule has 0 spiro atoms. The molecular weight excluding hydrogens is 232 g/mol. The van der Waals surface area contributed by atoms with E-state index in [2.05, 4.69) is 30.6 Å². The van der Waals surface area contributed by atoms with Crippen LogP contribution in [0.1, 0.15) is 25.6 Å². The van der Waals surface area contributed by atoms with E-state index >= 15 is 0 Å². The van der Waals surface area contributed by atoms with Gasteiger partial charge in [0.1, 0.15) is 0 Å². The molecule has 96 valence electrons. The Labute approximate surface area is 108 Å². The highest BCUT2D eigenvalue weighted by molar-refractivity contribution is 7.09. The van der Waals surface area contributed by atoms with Crippen LogP contribution in [0.5, 0.6) is 0 Å². The van der Waals surface area contributed by atoms with Crippen molar-refractivity contribution < 1.29 is 4.79 Å². The smallest absolute Gasteiger partial charge is 0.227 e. The molecule has 4 heteroatoms. The molecule has 0 fully saturated rings. The third-order valence-corrected chi connectivity index (χ3v) is 3.61. The first-order chi connectivity index (χ1) is 8.06. The first kappa shape index (κ1) is 14.2. The highest BCUT2D eigenvalue weighted by Gasteiger charge is 2.22. The van der Waals surface area contributed by atoms with Gasteiger partial charge in [-0.05, 0) is 32.3 Å². The highest BCUT2D eigenvalue weighted by atomic mass is 32.1. The van der Waals surface area contributed by atoms with Gasteiger partial charge in [-0.25, -0.2) is 0 Å². The number of rotatable bonds is 6. The number of carbonyl (C=O) groups is 1. The summed E-state index contributed by atoms with van der Waals surface area (Å²) in [7, 11) is 1.88. The molecule has 1 atom stereocenters. The van der Waals surface area contributed by atoms with Crippen LogP contribution in [0.4, 0.5) is 0 Å². The van der Waals surface area contributed by atoms with Crippen LogP contribution in [0.25, 0.3) is 0 Å². The number of amides is 1. The van der Waals surface area contributed by atoms with Crippen LogP contribution in [0.2, 0.25) is 0 Å². The maximum Gasteiger partial charge on any atom is 0.227 e. The average Bonchev–Trinajstić information content (AvgIpc) is 2.77. The van der Waals surface area contributed by atoms with Crippen molar-refractivity contribution in [2.24, 2.45) is 5.92 Å². The number of carbonyl (C=O) groups excluding carboxylic acids is 1. The molecule has 1 rings (SSSR count).